The van der Waals surface area contributed by atoms with E-state index in [0.717, 1.165) is 56.2 Å². The number of aliphatic carboxylic acids is 2. The van der Waals surface area contributed by atoms with Crippen LogP contribution in [0.15, 0.2) is 0 Å². The molecular formula is C37H68KNO10. The van der Waals surface area contributed by atoms with Crippen LogP contribution in [0.4, 0.5) is 0 Å². The number of ketones is 1. The third-order valence-corrected chi connectivity index (χ3v) is 9.32. The molecule has 0 aromatic heterocycles. The standard InChI is InChI=1S/C37H69NO10.K/c1-4-5-6-7-8-9-10-11-15-19-35(39)20-16-21-38(34-17-13-12-14-18-34,28-32(2)47-26-24-45-30-36(40)41)22-23-44-29-33(3)48-27-25-46-31-37(42)43;/h32-34H,4-31H2,1-3H3,(H-,40,41,42,43);/q;+1/p-1. The summed E-state index contributed by atoms with van der Waals surface area (Å²) in [5.41, 5.74) is 0. The molecule has 0 saturated heterocycles. The molecule has 3 atom stereocenters. The summed E-state index contributed by atoms with van der Waals surface area (Å²) in [6.45, 7) is 9.67. The first-order valence-electron chi connectivity index (χ1n) is 18.9. The summed E-state index contributed by atoms with van der Waals surface area (Å²) in [6.07, 6.45) is 18.9. The first kappa shape index (κ1) is 49.0. The summed E-state index contributed by atoms with van der Waals surface area (Å²) in [5, 5.41) is 21.2. The maximum atomic E-state index is 12.9. The maximum absolute atomic E-state index is 12.9. The van der Waals surface area contributed by atoms with Crippen LogP contribution in [0, 0.1) is 0 Å². The van der Waals surface area contributed by atoms with Gasteiger partial charge in [-0.15, -0.1) is 0 Å². The maximum Gasteiger partial charge on any atom is 1.00 e. The fourth-order valence-electron chi connectivity index (χ4n) is 6.82. The summed E-state index contributed by atoms with van der Waals surface area (Å²) < 4.78 is 28.8. The van der Waals surface area contributed by atoms with Crippen LogP contribution in [0.2, 0.25) is 0 Å². The van der Waals surface area contributed by atoms with Crippen LogP contribution in [-0.2, 0) is 38.1 Å². The zero-order valence-corrected chi connectivity index (χ0v) is 34.7. The van der Waals surface area contributed by atoms with Gasteiger partial charge in [0.25, 0.3) is 0 Å². The van der Waals surface area contributed by atoms with Crippen molar-refractivity contribution in [3.05, 3.63) is 0 Å². The van der Waals surface area contributed by atoms with Crippen molar-refractivity contribution in [1.29, 1.82) is 0 Å². The second kappa shape index (κ2) is 32.6. The second-order valence-corrected chi connectivity index (χ2v) is 13.6. The Labute approximate surface area is 339 Å². The minimum atomic E-state index is -1.25. The predicted molar refractivity (Wildman–Crippen MR) is 181 cm³/mol. The average Bonchev–Trinajstić information content (AvgIpc) is 3.05. The largest absolute Gasteiger partial charge is 1.00 e. The molecule has 0 heterocycles. The van der Waals surface area contributed by atoms with Crippen molar-refractivity contribution in [3.8, 4) is 0 Å². The zero-order chi connectivity index (χ0) is 35.3. The number of quaternary nitrogens is 1. The molecule has 0 bridgehead atoms. The molecule has 11 nitrogen and oxygen atoms in total. The molecule has 12 heteroatoms. The summed E-state index contributed by atoms with van der Waals surface area (Å²) in [6, 6.07) is 0.463. The van der Waals surface area contributed by atoms with Crippen LogP contribution in [0.3, 0.4) is 0 Å². The van der Waals surface area contributed by atoms with Gasteiger partial charge in [-0.3, -0.25) is 4.79 Å². The fourth-order valence-corrected chi connectivity index (χ4v) is 6.82. The van der Waals surface area contributed by atoms with E-state index < -0.39 is 25.2 Å². The Morgan fingerprint density at radius 3 is 1.76 bits per heavy atom. The van der Waals surface area contributed by atoms with E-state index in [2.05, 4.69) is 13.8 Å². The summed E-state index contributed by atoms with van der Waals surface area (Å²) in [5.74, 6) is -2.13. The minimum Gasteiger partial charge on any atom is -0.548 e. The smallest absolute Gasteiger partial charge is 0.548 e. The van der Waals surface area contributed by atoms with Crippen LogP contribution in [-0.4, -0.2) is 113 Å². The van der Waals surface area contributed by atoms with E-state index in [-0.39, 0.29) is 83.4 Å². The van der Waals surface area contributed by atoms with Gasteiger partial charge in [0, 0.05) is 19.3 Å². The Bertz CT molecular complexity index is 829. The summed E-state index contributed by atoms with van der Waals surface area (Å²) in [4.78, 5) is 34.1. The number of carboxylic acids is 2. The van der Waals surface area contributed by atoms with E-state index in [9.17, 15) is 24.6 Å². The van der Waals surface area contributed by atoms with Gasteiger partial charge in [-0.1, -0.05) is 64.7 Å². The van der Waals surface area contributed by atoms with Gasteiger partial charge in [0.2, 0.25) is 0 Å². The first-order valence-corrected chi connectivity index (χ1v) is 18.9. The van der Waals surface area contributed by atoms with Crippen molar-refractivity contribution >= 4 is 17.7 Å². The molecule has 0 amide bonds. The van der Waals surface area contributed by atoms with E-state index in [1.165, 1.54) is 64.2 Å². The second-order valence-electron chi connectivity index (χ2n) is 13.6. The van der Waals surface area contributed by atoms with E-state index in [0.29, 0.717) is 44.5 Å². The van der Waals surface area contributed by atoms with Crippen LogP contribution < -0.4 is 61.6 Å². The van der Waals surface area contributed by atoms with Gasteiger partial charge in [0.15, 0.2) is 0 Å². The molecule has 1 aliphatic carbocycles. The van der Waals surface area contributed by atoms with Crippen molar-refractivity contribution in [2.24, 2.45) is 0 Å². The average molecular weight is 726 g/mol. The molecule has 0 N–H and O–H groups in total. The van der Waals surface area contributed by atoms with Crippen molar-refractivity contribution in [1.82, 2.24) is 0 Å². The number of hydrogen-bond acceptors (Lipinski definition) is 10. The number of Topliss-reactive ketones (excluding diaryl/α,β-unsaturated/α-hetero) is 1. The van der Waals surface area contributed by atoms with Crippen molar-refractivity contribution in [3.63, 3.8) is 0 Å². The van der Waals surface area contributed by atoms with E-state index in [1.54, 1.807) is 0 Å². The van der Waals surface area contributed by atoms with Crippen molar-refractivity contribution in [2.45, 2.75) is 148 Å². The molecule has 282 valence electrons. The molecule has 49 heavy (non-hydrogen) atoms. The predicted octanol–water partition coefficient (Wildman–Crippen LogP) is 0.770. The van der Waals surface area contributed by atoms with E-state index >= 15 is 0 Å². The Kier molecular flexibility index (Phi) is 32.6. The van der Waals surface area contributed by atoms with Gasteiger partial charge >= 0.3 is 51.4 Å². The Hall–Kier alpha value is 0.00636. The molecule has 0 aromatic rings. The quantitative estimate of drug-likeness (QED) is 0.0531. The third kappa shape index (κ3) is 27.3. The van der Waals surface area contributed by atoms with Crippen LogP contribution >= 0.6 is 0 Å². The number of nitrogens with zero attached hydrogens (tertiary/aromatic N) is 1. The third-order valence-electron chi connectivity index (χ3n) is 9.32. The van der Waals surface area contributed by atoms with Crippen LogP contribution in [0.5, 0.6) is 0 Å². The molecule has 1 fully saturated rings. The van der Waals surface area contributed by atoms with Crippen LogP contribution in [0.25, 0.3) is 0 Å². The Morgan fingerprint density at radius 2 is 1.18 bits per heavy atom. The molecule has 0 aromatic carbocycles. The minimum absolute atomic E-state index is 0. The number of ether oxygens (including phenoxy) is 5. The Morgan fingerprint density at radius 1 is 0.653 bits per heavy atom. The number of carboxylic acid groups (broad SMARTS) is 2. The topological polar surface area (TPSA) is 143 Å². The number of unbranched alkanes of at least 4 members (excludes halogenated alkanes) is 8. The van der Waals surface area contributed by atoms with Gasteiger partial charge in [0.1, 0.15) is 25.0 Å². The molecule has 0 aliphatic heterocycles. The van der Waals surface area contributed by atoms with Gasteiger partial charge < -0.3 is 48.0 Å². The SMILES string of the molecule is CCCCCCCCCCCC(=O)CCC[N+](CCOCC(C)OCCOCC(=O)[O-])(CC(C)OCCOCC(=O)[O-])C1CCCCC1.[K+]. The van der Waals surface area contributed by atoms with Crippen molar-refractivity contribution in [2.75, 3.05) is 72.5 Å². The number of hydrogen-bond donors (Lipinski definition) is 0. The summed E-state index contributed by atoms with van der Waals surface area (Å²) >= 11 is 0. The van der Waals surface area contributed by atoms with Crippen LogP contribution in [0.1, 0.15) is 130 Å². The number of carbonyl (C=O) groups is 3. The van der Waals surface area contributed by atoms with Gasteiger partial charge in [-0.05, 0) is 46.0 Å². The molecule has 0 spiro atoms. The number of rotatable bonds is 34. The first-order chi connectivity index (χ1) is 23.2. The molecule has 1 rings (SSSR count). The van der Waals surface area contributed by atoms with Crippen molar-refractivity contribution < 1.29 is 104 Å². The van der Waals surface area contributed by atoms with E-state index in [1.807, 2.05) is 6.92 Å². The molecule has 3 unspecified atom stereocenters. The molecule has 1 saturated carbocycles. The monoisotopic (exact) mass is 725 g/mol. The van der Waals surface area contributed by atoms with Gasteiger partial charge in [-0.25, -0.2) is 0 Å². The molecule has 1 aliphatic rings. The molecule has 0 radical (unpaired) electrons. The number of carbonyl (C=O) groups excluding carboxylic acids is 3. The fraction of sp³-hybridized carbons (Fsp3) is 0.919. The van der Waals surface area contributed by atoms with Gasteiger partial charge in [0.05, 0.1) is 83.5 Å². The normalized spacial score (nSPS) is 16.1. The summed E-state index contributed by atoms with van der Waals surface area (Å²) in [7, 11) is 0. The van der Waals surface area contributed by atoms with E-state index in [4.69, 9.17) is 23.7 Å². The Balaban J connectivity index is 0.0000230. The van der Waals surface area contributed by atoms with Gasteiger partial charge in [-0.2, -0.15) is 0 Å². The zero-order valence-electron chi connectivity index (χ0n) is 31.6. The molecular weight excluding hydrogens is 658 g/mol.